The van der Waals surface area contributed by atoms with Gasteiger partial charge in [0.1, 0.15) is 0 Å². The molecule has 1 aromatic heterocycles. The van der Waals surface area contributed by atoms with Crippen LogP contribution >= 0.6 is 0 Å². The van der Waals surface area contributed by atoms with Gasteiger partial charge in [0.15, 0.2) is 17.5 Å². The molecule has 0 amide bonds. The Bertz CT molecular complexity index is 3280. The lowest BCUT2D eigenvalue weighted by Gasteiger charge is -2.63. The van der Waals surface area contributed by atoms with Gasteiger partial charge in [-0.05, 0) is 141 Å². The summed E-state index contributed by atoms with van der Waals surface area (Å²) in [5.41, 5.74) is 12.4. The Balaban J connectivity index is 0.871. The zero-order chi connectivity index (χ0) is 42.4. The summed E-state index contributed by atoms with van der Waals surface area (Å²) >= 11 is 0. The van der Waals surface area contributed by atoms with Crippen molar-refractivity contribution in [1.29, 1.82) is 0 Å². The molecule has 0 N–H and O–H groups in total. The van der Waals surface area contributed by atoms with Crippen molar-refractivity contribution in [3.8, 4) is 67.5 Å². The van der Waals surface area contributed by atoms with Crippen LogP contribution in [0.3, 0.4) is 0 Å². The Morgan fingerprint density at radius 2 is 0.875 bits per heavy atom. The molecule has 4 aliphatic carbocycles. The molecule has 4 saturated carbocycles. The lowest BCUT2D eigenvalue weighted by atomic mass is 9.42. The maximum Gasteiger partial charge on any atom is 0.164 e. The van der Waals surface area contributed by atoms with Gasteiger partial charge in [-0.15, -0.1) is 0 Å². The number of aromatic nitrogens is 3. The summed E-state index contributed by atoms with van der Waals surface area (Å²) in [6, 6.07) is 66.6. The minimum absolute atomic E-state index is 0.0579. The van der Waals surface area contributed by atoms with Gasteiger partial charge in [-0.25, -0.2) is 19.2 Å². The monoisotopic (exact) mass is 843 g/mol. The second-order valence-corrected chi connectivity index (χ2v) is 20.0. The highest BCUT2D eigenvalue weighted by Crippen LogP contribution is 2.67. The van der Waals surface area contributed by atoms with Gasteiger partial charge in [-0.2, -0.15) is 0 Å². The van der Waals surface area contributed by atoms with E-state index in [0.29, 0.717) is 29.3 Å². The zero-order valence-corrected chi connectivity index (χ0v) is 36.2. The third kappa shape index (κ3) is 5.94. The average Bonchev–Trinajstić information content (AvgIpc) is 3.36. The topological polar surface area (TPSA) is 55.7 Å². The van der Waals surface area contributed by atoms with Crippen molar-refractivity contribution in [2.45, 2.75) is 47.3 Å². The molecule has 5 heteroatoms. The quantitative estimate of drug-likeness (QED) is 0.167. The second kappa shape index (κ2) is 14.9. The van der Waals surface area contributed by atoms with Crippen molar-refractivity contribution in [2.75, 3.05) is 0 Å². The maximum absolute atomic E-state index is 14.3. The summed E-state index contributed by atoms with van der Waals surface area (Å²) < 4.78 is 14.3. The summed E-state index contributed by atoms with van der Waals surface area (Å²) in [7, 11) is -1.19. The molecule has 1 spiro atoms. The van der Waals surface area contributed by atoms with Crippen molar-refractivity contribution in [3.63, 3.8) is 0 Å². The molecule has 1 atom stereocenters. The van der Waals surface area contributed by atoms with Crippen LogP contribution in [0.2, 0.25) is 0 Å². The van der Waals surface area contributed by atoms with Gasteiger partial charge in [-0.1, -0.05) is 158 Å². The molecule has 0 saturated heterocycles. The number of nitrogens with zero attached hydrogens (tertiary/aromatic N) is 3. The van der Waals surface area contributed by atoms with Crippen LogP contribution in [-0.4, -0.2) is 19.2 Å². The zero-order valence-electron chi connectivity index (χ0n) is 35.4. The Morgan fingerprint density at radius 1 is 0.375 bits per heavy atom. The predicted molar refractivity (Wildman–Crippen MR) is 259 cm³/mol. The van der Waals surface area contributed by atoms with E-state index in [1.807, 2.05) is 18.2 Å². The van der Waals surface area contributed by atoms with Gasteiger partial charge >= 0.3 is 0 Å². The molecule has 14 rings (SSSR count). The molecule has 0 radical (unpaired) electrons. The van der Waals surface area contributed by atoms with Gasteiger partial charge in [0, 0.05) is 31.9 Å². The molecule has 8 aromatic carbocycles. The van der Waals surface area contributed by atoms with E-state index >= 15 is 0 Å². The van der Waals surface area contributed by atoms with E-state index < -0.39 is 10.8 Å². The van der Waals surface area contributed by atoms with Gasteiger partial charge in [0.2, 0.25) is 0 Å². The van der Waals surface area contributed by atoms with E-state index in [2.05, 4.69) is 170 Å². The van der Waals surface area contributed by atoms with Gasteiger partial charge in [-0.3, -0.25) is 0 Å². The van der Waals surface area contributed by atoms with Crippen LogP contribution < -0.4 is 0 Å². The Labute approximate surface area is 376 Å². The van der Waals surface area contributed by atoms with Crippen LogP contribution in [0.1, 0.15) is 43.2 Å². The van der Waals surface area contributed by atoms with E-state index in [1.165, 1.54) is 65.5 Å². The maximum atomic E-state index is 14.3. The van der Waals surface area contributed by atoms with Gasteiger partial charge in [0.25, 0.3) is 0 Å². The molecule has 308 valence electrons. The molecular formula is C59H45N3OS. The number of rotatable bonds is 6. The molecule has 1 unspecified atom stereocenters. The lowest BCUT2D eigenvalue weighted by Crippen LogP contribution is -2.57. The second-order valence-electron chi connectivity index (χ2n) is 18.6. The van der Waals surface area contributed by atoms with E-state index in [4.69, 9.17) is 15.0 Å². The van der Waals surface area contributed by atoms with Crippen LogP contribution in [0.25, 0.3) is 78.3 Å². The SMILES string of the molecule is O=S1c2ccccc2C2(c3cc(-c4ccc(-c5cccc(-c6nc(-c7ccccc7)nc(-c7ccc(-c8ccccc8)c8ccccc78)n6)c5)cc4)ccc31)C1CC3CC(C1)CC2C3. The highest BCUT2D eigenvalue weighted by atomic mass is 32.2. The highest BCUT2D eigenvalue weighted by Gasteiger charge is 2.61. The van der Waals surface area contributed by atoms with Crippen molar-refractivity contribution < 1.29 is 4.21 Å². The lowest BCUT2D eigenvalue weighted by molar-refractivity contribution is -0.0445. The van der Waals surface area contributed by atoms with Gasteiger partial charge in [0.05, 0.1) is 10.8 Å². The molecule has 2 heterocycles. The van der Waals surface area contributed by atoms with E-state index in [-0.39, 0.29) is 5.41 Å². The van der Waals surface area contributed by atoms with Crippen molar-refractivity contribution in [2.24, 2.45) is 23.7 Å². The summed E-state index contributed by atoms with van der Waals surface area (Å²) in [6.45, 7) is 0. The molecular weight excluding hydrogens is 799 g/mol. The fourth-order valence-electron chi connectivity index (χ4n) is 12.6. The van der Waals surface area contributed by atoms with E-state index in [0.717, 1.165) is 60.2 Å². The first-order valence-corrected chi connectivity index (χ1v) is 24.0. The fraction of sp³-hybridized carbons (Fsp3) is 0.169. The van der Waals surface area contributed by atoms with E-state index in [1.54, 1.807) is 0 Å². The Kier molecular flexibility index (Phi) is 8.77. The first kappa shape index (κ1) is 37.7. The molecule has 4 nitrogen and oxygen atoms in total. The van der Waals surface area contributed by atoms with Crippen molar-refractivity contribution >= 4 is 21.6 Å². The molecule has 5 aliphatic rings. The van der Waals surface area contributed by atoms with Crippen LogP contribution in [0.15, 0.2) is 198 Å². The summed E-state index contributed by atoms with van der Waals surface area (Å²) in [6.07, 6.45) is 6.59. The van der Waals surface area contributed by atoms with Crippen molar-refractivity contribution in [3.05, 3.63) is 199 Å². The standard InChI is InChI=1S/C59H45N3OS/c63-64-54-21-10-9-20-52(54)59(46-31-37-30-38(33-46)34-47(59)32-37)53-36-44(26-29-55(53)64)40-24-22-39(23-25-40)43-16-11-17-45(35-43)57-60-56(42-14-5-2-6-15-42)61-58(62-57)51-28-27-48(41-12-3-1-4-13-41)49-18-7-8-19-50(49)51/h1-29,35-38,46-47H,30-34H2. The van der Waals surface area contributed by atoms with Crippen LogP contribution in [0.4, 0.5) is 0 Å². The minimum Gasteiger partial charge on any atom is -0.249 e. The molecule has 4 fully saturated rings. The first-order chi connectivity index (χ1) is 31.6. The minimum atomic E-state index is -1.19. The first-order valence-electron chi connectivity index (χ1n) is 22.8. The smallest absolute Gasteiger partial charge is 0.164 e. The Hall–Kier alpha value is -6.82. The number of hydrogen-bond donors (Lipinski definition) is 0. The van der Waals surface area contributed by atoms with Crippen molar-refractivity contribution in [1.82, 2.24) is 15.0 Å². The Morgan fingerprint density at radius 3 is 1.58 bits per heavy atom. The van der Waals surface area contributed by atoms with Crippen LogP contribution in [0, 0.1) is 23.7 Å². The van der Waals surface area contributed by atoms with Crippen LogP contribution in [-0.2, 0) is 16.2 Å². The van der Waals surface area contributed by atoms with Gasteiger partial charge < -0.3 is 0 Å². The number of hydrogen-bond acceptors (Lipinski definition) is 4. The highest BCUT2D eigenvalue weighted by molar-refractivity contribution is 7.85. The predicted octanol–water partition coefficient (Wildman–Crippen LogP) is 14.2. The molecule has 1 aliphatic heterocycles. The summed E-state index contributed by atoms with van der Waals surface area (Å²) in [4.78, 5) is 17.5. The third-order valence-electron chi connectivity index (χ3n) is 15.2. The van der Waals surface area contributed by atoms with Crippen LogP contribution in [0.5, 0.6) is 0 Å². The summed E-state index contributed by atoms with van der Waals surface area (Å²) in [5, 5.41) is 2.25. The normalized spacial score (nSPS) is 22.7. The summed E-state index contributed by atoms with van der Waals surface area (Å²) in [5.74, 6) is 4.82. The molecule has 4 bridgehead atoms. The number of fused-ring (bicyclic) bond motifs is 3. The van der Waals surface area contributed by atoms with E-state index in [9.17, 15) is 4.21 Å². The number of benzene rings is 8. The largest absolute Gasteiger partial charge is 0.249 e. The average molecular weight is 844 g/mol. The molecule has 9 aromatic rings. The molecule has 64 heavy (non-hydrogen) atoms. The fourth-order valence-corrected chi connectivity index (χ4v) is 14.1. The third-order valence-corrected chi connectivity index (χ3v) is 16.7.